The second kappa shape index (κ2) is 8.26. The molecule has 1 aromatic rings. The van der Waals surface area contributed by atoms with E-state index < -0.39 is 17.4 Å². The summed E-state index contributed by atoms with van der Waals surface area (Å²) in [7, 11) is 0. The maximum atomic E-state index is 12.1. The van der Waals surface area contributed by atoms with Crippen LogP contribution in [0.2, 0.25) is 0 Å². The first kappa shape index (κ1) is 18.4. The topological polar surface area (TPSA) is 87.7 Å². The zero-order chi connectivity index (χ0) is 17.6. The number of hydrogen-bond acceptors (Lipinski definition) is 4. The SMILES string of the molecule is Cc1cc(C)cc(NC(=O)C(=O)NCC2(OCCO)CCCC2)c1. The third-order valence-electron chi connectivity index (χ3n) is 4.27. The number of rotatable bonds is 6. The minimum atomic E-state index is -0.685. The van der Waals surface area contributed by atoms with E-state index in [9.17, 15) is 9.59 Å². The first-order chi connectivity index (χ1) is 11.4. The summed E-state index contributed by atoms with van der Waals surface area (Å²) in [5, 5.41) is 14.2. The molecule has 1 aliphatic carbocycles. The molecule has 1 aliphatic rings. The fraction of sp³-hybridized carbons (Fsp3) is 0.556. The molecule has 0 unspecified atom stereocenters. The zero-order valence-electron chi connectivity index (χ0n) is 14.4. The van der Waals surface area contributed by atoms with Gasteiger partial charge in [-0.2, -0.15) is 0 Å². The number of anilines is 1. The molecule has 6 nitrogen and oxygen atoms in total. The molecular weight excluding hydrogens is 308 g/mol. The van der Waals surface area contributed by atoms with E-state index in [1.165, 1.54) is 0 Å². The van der Waals surface area contributed by atoms with Crippen LogP contribution in [0.5, 0.6) is 0 Å². The minimum Gasteiger partial charge on any atom is -0.394 e. The van der Waals surface area contributed by atoms with E-state index in [4.69, 9.17) is 9.84 Å². The lowest BCUT2D eigenvalue weighted by molar-refractivity contribution is -0.137. The van der Waals surface area contributed by atoms with Crippen molar-refractivity contribution in [1.29, 1.82) is 0 Å². The van der Waals surface area contributed by atoms with Gasteiger partial charge < -0.3 is 20.5 Å². The van der Waals surface area contributed by atoms with Gasteiger partial charge >= 0.3 is 11.8 Å². The fourth-order valence-corrected chi connectivity index (χ4v) is 3.21. The van der Waals surface area contributed by atoms with E-state index in [0.29, 0.717) is 5.69 Å². The van der Waals surface area contributed by atoms with Crippen molar-refractivity contribution in [3.63, 3.8) is 0 Å². The number of amides is 2. The Kier molecular flexibility index (Phi) is 6.34. The van der Waals surface area contributed by atoms with Crippen molar-refractivity contribution in [3.05, 3.63) is 29.3 Å². The quantitative estimate of drug-likeness (QED) is 0.691. The Hall–Kier alpha value is -1.92. The molecule has 0 radical (unpaired) electrons. The third-order valence-corrected chi connectivity index (χ3v) is 4.27. The Morgan fingerprint density at radius 3 is 2.33 bits per heavy atom. The number of benzene rings is 1. The molecule has 0 heterocycles. The number of hydrogen-bond donors (Lipinski definition) is 3. The average Bonchev–Trinajstić information content (AvgIpc) is 2.99. The van der Waals surface area contributed by atoms with Gasteiger partial charge in [-0.3, -0.25) is 9.59 Å². The Labute approximate surface area is 142 Å². The van der Waals surface area contributed by atoms with Gasteiger partial charge in [0, 0.05) is 12.2 Å². The second-order valence-corrected chi connectivity index (χ2v) is 6.48. The van der Waals surface area contributed by atoms with E-state index in [1.54, 1.807) is 0 Å². The van der Waals surface area contributed by atoms with Crippen molar-refractivity contribution >= 4 is 17.5 Å². The Balaban J connectivity index is 1.90. The van der Waals surface area contributed by atoms with Crippen LogP contribution in [0.15, 0.2) is 18.2 Å². The first-order valence-electron chi connectivity index (χ1n) is 8.36. The summed E-state index contributed by atoms with van der Waals surface area (Å²) in [5.74, 6) is -1.36. The smallest absolute Gasteiger partial charge is 0.313 e. The molecule has 2 amide bonds. The highest BCUT2D eigenvalue weighted by Gasteiger charge is 2.35. The highest BCUT2D eigenvalue weighted by molar-refractivity contribution is 6.39. The van der Waals surface area contributed by atoms with Crippen molar-refractivity contribution in [2.24, 2.45) is 0 Å². The van der Waals surface area contributed by atoms with Crippen molar-refractivity contribution < 1.29 is 19.4 Å². The fourth-order valence-electron chi connectivity index (χ4n) is 3.21. The molecule has 6 heteroatoms. The molecule has 3 N–H and O–H groups in total. The lowest BCUT2D eigenvalue weighted by Crippen LogP contribution is -2.46. The van der Waals surface area contributed by atoms with Crippen molar-refractivity contribution in [1.82, 2.24) is 5.32 Å². The number of nitrogens with one attached hydrogen (secondary N) is 2. The summed E-state index contributed by atoms with van der Waals surface area (Å²) >= 11 is 0. The predicted octanol–water partition coefficient (Wildman–Crippen LogP) is 1.68. The summed E-state index contributed by atoms with van der Waals surface area (Å²) < 4.78 is 5.72. The van der Waals surface area contributed by atoms with E-state index in [2.05, 4.69) is 10.6 Å². The maximum Gasteiger partial charge on any atom is 0.313 e. The maximum absolute atomic E-state index is 12.1. The zero-order valence-corrected chi connectivity index (χ0v) is 14.4. The highest BCUT2D eigenvalue weighted by Crippen LogP contribution is 2.32. The van der Waals surface area contributed by atoms with Crippen LogP contribution < -0.4 is 10.6 Å². The molecule has 0 bridgehead atoms. The first-order valence-corrected chi connectivity index (χ1v) is 8.36. The average molecular weight is 334 g/mol. The Morgan fingerprint density at radius 2 is 1.75 bits per heavy atom. The van der Waals surface area contributed by atoms with Crippen molar-refractivity contribution in [3.8, 4) is 0 Å². The summed E-state index contributed by atoms with van der Waals surface area (Å²) in [6.07, 6.45) is 3.70. The third kappa shape index (κ3) is 5.04. The number of aliphatic hydroxyl groups excluding tert-OH is 1. The van der Waals surface area contributed by atoms with Crippen LogP contribution in [0.25, 0.3) is 0 Å². The number of ether oxygens (including phenoxy) is 1. The van der Waals surface area contributed by atoms with Crippen LogP contribution in [0, 0.1) is 13.8 Å². The van der Waals surface area contributed by atoms with Gasteiger partial charge in [0.05, 0.1) is 18.8 Å². The number of carbonyl (C=O) groups is 2. The van der Waals surface area contributed by atoms with Gasteiger partial charge in [0.1, 0.15) is 0 Å². The van der Waals surface area contributed by atoms with Crippen LogP contribution in [0.1, 0.15) is 36.8 Å². The van der Waals surface area contributed by atoms with Gasteiger partial charge in [-0.15, -0.1) is 0 Å². The van der Waals surface area contributed by atoms with E-state index >= 15 is 0 Å². The molecule has 1 aromatic carbocycles. The largest absolute Gasteiger partial charge is 0.394 e. The minimum absolute atomic E-state index is 0.0527. The van der Waals surface area contributed by atoms with Crippen LogP contribution in [-0.2, 0) is 14.3 Å². The van der Waals surface area contributed by atoms with E-state index in [-0.39, 0.29) is 19.8 Å². The predicted molar refractivity (Wildman–Crippen MR) is 91.8 cm³/mol. The molecule has 0 aromatic heterocycles. The molecule has 132 valence electrons. The van der Waals surface area contributed by atoms with Gasteiger partial charge in [0.25, 0.3) is 0 Å². The van der Waals surface area contributed by atoms with Gasteiger partial charge in [-0.1, -0.05) is 18.9 Å². The van der Waals surface area contributed by atoms with Gasteiger partial charge in [0.2, 0.25) is 0 Å². The second-order valence-electron chi connectivity index (χ2n) is 6.48. The molecule has 0 spiro atoms. The van der Waals surface area contributed by atoms with E-state index in [1.807, 2.05) is 32.0 Å². The monoisotopic (exact) mass is 334 g/mol. The molecule has 0 aliphatic heterocycles. The van der Waals surface area contributed by atoms with Crippen LogP contribution >= 0.6 is 0 Å². The molecule has 0 saturated heterocycles. The van der Waals surface area contributed by atoms with Crippen molar-refractivity contribution in [2.45, 2.75) is 45.1 Å². The molecule has 0 atom stereocenters. The highest BCUT2D eigenvalue weighted by atomic mass is 16.5. The summed E-state index contributed by atoms with van der Waals surface area (Å²) in [6, 6.07) is 5.64. The van der Waals surface area contributed by atoms with Gasteiger partial charge in [-0.25, -0.2) is 0 Å². The van der Waals surface area contributed by atoms with Gasteiger partial charge in [-0.05, 0) is 49.9 Å². The normalized spacial score (nSPS) is 16.0. The van der Waals surface area contributed by atoms with Crippen LogP contribution in [-0.4, -0.2) is 42.3 Å². The standard InChI is InChI=1S/C18H26N2O4/c1-13-9-14(2)11-15(10-13)20-17(23)16(22)19-12-18(24-8-7-21)5-3-4-6-18/h9-11,21H,3-8,12H2,1-2H3,(H,19,22)(H,20,23). The Morgan fingerprint density at radius 1 is 1.12 bits per heavy atom. The lowest BCUT2D eigenvalue weighted by Gasteiger charge is -2.29. The summed E-state index contributed by atoms with van der Waals surface area (Å²) in [5.41, 5.74) is 2.19. The summed E-state index contributed by atoms with van der Waals surface area (Å²) in [6.45, 7) is 4.34. The number of carbonyl (C=O) groups excluding carboxylic acids is 2. The number of aryl methyl sites for hydroxylation is 2. The summed E-state index contributed by atoms with van der Waals surface area (Å²) in [4.78, 5) is 24.1. The van der Waals surface area contributed by atoms with Crippen molar-refractivity contribution in [2.75, 3.05) is 25.1 Å². The number of aliphatic hydroxyl groups is 1. The molecule has 2 rings (SSSR count). The van der Waals surface area contributed by atoms with Crippen LogP contribution in [0.4, 0.5) is 5.69 Å². The van der Waals surface area contributed by atoms with Crippen LogP contribution in [0.3, 0.4) is 0 Å². The molecule has 24 heavy (non-hydrogen) atoms. The lowest BCUT2D eigenvalue weighted by atomic mass is 10.0. The Bertz CT molecular complexity index is 574. The molecule has 1 fully saturated rings. The van der Waals surface area contributed by atoms with Gasteiger partial charge in [0.15, 0.2) is 0 Å². The molecule has 1 saturated carbocycles. The van der Waals surface area contributed by atoms with E-state index in [0.717, 1.165) is 36.8 Å². The molecular formula is C18H26N2O4.